The molecule has 1 N–H and O–H groups in total. The molecule has 0 bridgehead atoms. The van der Waals surface area contributed by atoms with Crippen LogP contribution in [0.15, 0.2) is 48.9 Å². The summed E-state index contributed by atoms with van der Waals surface area (Å²) in [7, 11) is 1.79. The Labute approximate surface area is 153 Å². The highest BCUT2D eigenvalue weighted by molar-refractivity contribution is 5.88. The predicted molar refractivity (Wildman–Crippen MR) is 97.9 cm³/mol. The number of anilines is 1. The molecule has 1 atom stereocenters. The van der Waals surface area contributed by atoms with Gasteiger partial charge in [0, 0.05) is 31.1 Å². The van der Waals surface area contributed by atoms with E-state index in [2.05, 4.69) is 25.4 Å². The van der Waals surface area contributed by atoms with E-state index >= 15 is 0 Å². The van der Waals surface area contributed by atoms with E-state index in [0.29, 0.717) is 22.9 Å². The fourth-order valence-corrected chi connectivity index (χ4v) is 2.88. The Morgan fingerprint density at radius 3 is 2.44 bits per heavy atom. The standard InChI is InChI=1S/C19H16F2N6/c1-11(13-7-14(20)9-15(21)8-13)24-18-16-10-23-27(2)19(16)26-17(25-18)12-3-5-22-6-4-12/h3-11H,1-2H3,(H,24,25,26)/t11-/m1/s1. The van der Waals surface area contributed by atoms with Crippen molar-refractivity contribution in [3.63, 3.8) is 0 Å². The van der Waals surface area contributed by atoms with E-state index in [1.54, 1.807) is 30.3 Å². The molecule has 27 heavy (non-hydrogen) atoms. The third-order valence-electron chi connectivity index (χ3n) is 4.27. The van der Waals surface area contributed by atoms with Crippen LogP contribution in [0.5, 0.6) is 0 Å². The Balaban J connectivity index is 1.78. The lowest BCUT2D eigenvalue weighted by atomic mass is 10.1. The van der Waals surface area contributed by atoms with Gasteiger partial charge in [-0.1, -0.05) is 0 Å². The van der Waals surface area contributed by atoms with Gasteiger partial charge < -0.3 is 5.32 Å². The minimum Gasteiger partial charge on any atom is -0.363 e. The second kappa shape index (κ2) is 6.71. The van der Waals surface area contributed by atoms with Crippen molar-refractivity contribution in [3.8, 4) is 11.4 Å². The molecule has 0 radical (unpaired) electrons. The summed E-state index contributed by atoms with van der Waals surface area (Å²) < 4.78 is 28.8. The van der Waals surface area contributed by atoms with Crippen LogP contribution in [-0.2, 0) is 7.05 Å². The first-order valence-electron chi connectivity index (χ1n) is 8.34. The zero-order valence-corrected chi connectivity index (χ0v) is 14.7. The average molecular weight is 366 g/mol. The summed E-state index contributed by atoms with van der Waals surface area (Å²) in [6, 6.07) is 6.69. The quantitative estimate of drug-likeness (QED) is 0.594. The van der Waals surface area contributed by atoms with E-state index in [1.165, 1.54) is 12.1 Å². The van der Waals surface area contributed by atoms with Crippen molar-refractivity contribution >= 4 is 16.9 Å². The topological polar surface area (TPSA) is 68.5 Å². The zero-order chi connectivity index (χ0) is 19.0. The van der Waals surface area contributed by atoms with Gasteiger partial charge in [-0.05, 0) is 36.8 Å². The van der Waals surface area contributed by atoms with Crippen LogP contribution in [0.2, 0.25) is 0 Å². The van der Waals surface area contributed by atoms with E-state index < -0.39 is 11.6 Å². The monoisotopic (exact) mass is 366 g/mol. The number of aromatic nitrogens is 5. The maximum Gasteiger partial charge on any atom is 0.164 e. The van der Waals surface area contributed by atoms with Crippen molar-refractivity contribution in [1.82, 2.24) is 24.7 Å². The Kier molecular flexibility index (Phi) is 4.23. The van der Waals surface area contributed by atoms with Gasteiger partial charge in [-0.2, -0.15) is 5.10 Å². The third-order valence-corrected chi connectivity index (χ3v) is 4.27. The fraction of sp³-hybridized carbons (Fsp3) is 0.158. The van der Waals surface area contributed by atoms with Gasteiger partial charge in [0.1, 0.15) is 17.5 Å². The molecule has 0 saturated heterocycles. The van der Waals surface area contributed by atoms with Crippen LogP contribution in [-0.4, -0.2) is 24.7 Å². The van der Waals surface area contributed by atoms with Crippen molar-refractivity contribution < 1.29 is 8.78 Å². The normalized spacial score (nSPS) is 12.3. The summed E-state index contributed by atoms with van der Waals surface area (Å²) in [4.78, 5) is 13.2. The van der Waals surface area contributed by atoms with E-state index in [0.717, 1.165) is 17.0 Å². The molecular formula is C19H16F2N6. The Morgan fingerprint density at radius 1 is 1.04 bits per heavy atom. The van der Waals surface area contributed by atoms with Crippen molar-refractivity contribution in [2.24, 2.45) is 7.05 Å². The molecule has 8 heteroatoms. The molecule has 0 aliphatic heterocycles. The molecule has 0 saturated carbocycles. The molecule has 3 heterocycles. The van der Waals surface area contributed by atoms with Crippen molar-refractivity contribution in [3.05, 3.63) is 66.1 Å². The number of fused-ring (bicyclic) bond motifs is 1. The number of halogens is 2. The highest BCUT2D eigenvalue weighted by atomic mass is 19.1. The summed E-state index contributed by atoms with van der Waals surface area (Å²) >= 11 is 0. The molecule has 0 unspecified atom stereocenters. The third kappa shape index (κ3) is 3.33. The molecule has 0 spiro atoms. The molecule has 0 fully saturated rings. The smallest absolute Gasteiger partial charge is 0.164 e. The van der Waals surface area contributed by atoms with E-state index in [4.69, 9.17) is 0 Å². The molecule has 1 aromatic carbocycles. The summed E-state index contributed by atoms with van der Waals surface area (Å²) in [6.45, 7) is 1.81. The summed E-state index contributed by atoms with van der Waals surface area (Å²) in [5.41, 5.74) is 1.94. The van der Waals surface area contributed by atoms with E-state index in [-0.39, 0.29) is 6.04 Å². The Hall–Kier alpha value is -3.42. The fourth-order valence-electron chi connectivity index (χ4n) is 2.88. The molecule has 4 aromatic rings. The van der Waals surface area contributed by atoms with Crippen molar-refractivity contribution in [2.45, 2.75) is 13.0 Å². The van der Waals surface area contributed by atoms with E-state index in [9.17, 15) is 8.78 Å². The zero-order valence-electron chi connectivity index (χ0n) is 14.7. The van der Waals surface area contributed by atoms with Gasteiger partial charge in [-0.3, -0.25) is 9.67 Å². The van der Waals surface area contributed by atoms with Gasteiger partial charge >= 0.3 is 0 Å². The summed E-state index contributed by atoms with van der Waals surface area (Å²) in [5, 5.41) is 8.19. The second-order valence-corrected chi connectivity index (χ2v) is 6.21. The lowest BCUT2D eigenvalue weighted by Crippen LogP contribution is -2.10. The van der Waals surface area contributed by atoms with Crippen molar-refractivity contribution in [2.75, 3.05) is 5.32 Å². The molecule has 136 valence electrons. The van der Waals surface area contributed by atoms with E-state index in [1.807, 2.05) is 19.1 Å². The molecule has 4 rings (SSSR count). The molecule has 0 amide bonds. The van der Waals surface area contributed by atoms with Crippen LogP contribution < -0.4 is 5.32 Å². The van der Waals surface area contributed by atoms with Gasteiger partial charge in [-0.25, -0.2) is 18.7 Å². The summed E-state index contributed by atoms with van der Waals surface area (Å²) in [5.74, 6) is -0.193. The largest absolute Gasteiger partial charge is 0.363 e. The number of nitrogens with zero attached hydrogens (tertiary/aromatic N) is 5. The first kappa shape index (κ1) is 17.0. The van der Waals surface area contributed by atoms with Gasteiger partial charge in [0.05, 0.1) is 17.6 Å². The van der Waals surface area contributed by atoms with Gasteiger partial charge in [0.2, 0.25) is 0 Å². The van der Waals surface area contributed by atoms with Crippen LogP contribution >= 0.6 is 0 Å². The van der Waals surface area contributed by atoms with Crippen LogP contribution in [0.4, 0.5) is 14.6 Å². The Bertz CT molecular complexity index is 1090. The maximum absolute atomic E-state index is 13.6. The van der Waals surface area contributed by atoms with Gasteiger partial charge in [0.25, 0.3) is 0 Å². The van der Waals surface area contributed by atoms with Crippen LogP contribution in [0.25, 0.3) is 22.4 Å². The molecule has 0 aliphatic carbocycles. The molecule has 3 aromatic heterocycles. The first-order chi connectivity index (χ1) is 13.0. The average Bonchev–Trinajstić information content (AvgIpc) is 3.03. The number of nitrogens with one attached hydrogen (secondary N) is 1. The van der Waals surface area contributed by atoms with Crippen LogP contribution in [0.1, 0.15) is 18.5 Å². The predicted octanol–water partition coefficient (Wildman–Crippen LogP) is 3.88. The summed E-state index contributed by atoms with van der Waals surface area (Å²) in [6.07, 6.45) is 4.99. The Morgan fingerprint density at radius 2 is 1.74 bits per heavy atom. The lowest BCUT2D eigenvalue weighted by Gasteiger charge is -2.16. The second-order valence-electron chi connectivity index (χ2n) is 6.21. The van der Waals surface area contributed by atoms with Crippen molar-refractivity contribution in [1.29, 1.82) is 0 Å². The number of aryl methyl sites for hydroxylation is 1. The highest BCUT2D eigenvalue weighted by Gasteiger charge is 2.16. The lowest BCUT2D eigenvalue weighted by molar-refractivity contribution is 0.577. The van der Waals surface area contributed by atoms with Crippen LogP contribution in [0.3, 0.4) is 0 Å². The maximum atomic E-state index is 13.6. The highest BCUT2D eigenvalue weighted by Crippen LogP contribution is 2.28. The number of rotatable bonds is 4. The number of hydrogen-bond acceptors (Lipinski definition) is 5. The first-order valence-corrected chi connectivity index (χ1v) is 8.34. The molecular weight excluding hydrogens is 350 g/mol. The minimum absolute atomic E-state index is 0.376. The van der Waals surface area contributed by atoms with Crippen LogP contribution in [0, 0.1) is 11.6 Å². The SMILES string of the molecule is C[C@@H](Nc1nc(-c2ccncc2)nc2c1cnn2C)c1cc(F)cc(F)c1. The molecule has 6 nitrogen and oxygen atoms in total. The van der Waals surface area contributed by atoms with Gasteiger partial charge in [-0.15, -0.1) is 0 Å². The molecule has 0 aliphatic rings. The van der Waals surface area contributed by atoms with Gasteiger partial charge in [0.15, 0.2) is 11.5 Å². The number of pyridine rings is 1. The minimum atomic E-state index is -0.620. The number of hydrogen-bond donors (Lipinski definition) is 1. The number of benzene rings is 1.